The monoisotopic (exact) mass is 180 g/mol. The number of aryl methyl sites for hydroxylation is 1. The first-order valence-electron chi connectivity index (χ1n) is 5.00. The van der Waals surface area contributed by atoms with E-state index in [-0.39, 0.29) is 6.67 Å². The fraction of sp³-hybridized carbons (Fsp3) is 0.500. The Kier molecular flexibility index (Phi) is 4.52. The van der Waals surface area contributed by atoms with Gasteiger partial charge in [-0.1, -0.05) is 44.0 Å². The normalized spacial score (nSPS) is 10.3. The molecule has 13 heavy (non-hydrogen) atoms. The van der Waals surface area contributed by atoms with Crippen molar-refractivity contribution in [2.75, 3.05) is 0 Å². The van der Waals surface area contributed by atoms with Gasteiger partial charge < -0.3 is 0 Å². The summed E-state index contributed by atoms with van der Waals surface area (Å²) in [5.74, 6) is 0. The molecule has 0 aliphatic rings. The molecule has 1 aromatic rings. The first-order valence-corrected chi connectivity index (χ1v) is 5.00. The molecule has 0 nitrogen and oxygen atoms in total. The van der Waals surface area contributed by atoms with Crippen LogP contribution in [0.2, 0.25) is 0 Å². The molecule has 0 bridgehead atoms. The molecular weight excluding hydrogens is 163 g/mol. The smallest absolute Gasteiger partial charge is 0.115 e. The number of hydrogen-bond donors (Lipinski definition) is 0. The molecule has 0 saturated carbocycles. The molecule has 0 atom stereocenters. The summed E-state index contributed by atoms with van der Waals surface area (Å²) in [6.45, 7) is 1.85. The van der Waals surface area contributed by atoms with Crippen molar-refractivity contribution in [3.05, 3.63) is 35.4 Å². The van der Waals surface area contributed by atoms with Crippen LogP contribution in [-0.4, -0.2) is 0 Å². The number of rotatable bonds is 5. The minimum atomic E-state index is -0.346. The molecule has 72 valence electrons. The van der Waals surface area contributed by atoms with Crippen LogP contribution in [0.25, 0.3) is 0 Å². The van der Waals surface area contributed by atoms with Crippen molar-refractivity contribution in [3.63, 3.8) is 0 Å². The summed E-state index contributed by atoms with van der Waals surface area (Å²) in [5.41, 5.74) is 2.07. The molecule has 0 aromatic heterocycles. The highest BCUT2D eigenvalue weighted by atomic mass is 19.1. The van der Waals surface area contributed by atoms with Gasteiger partial charge in [0.2, 0.25) is 0 Å². The van der Waals surface area contributed by atoms with Gasteiger partial charge in [-0.05, 0) is 24.0 Å². The fourth-order valence-electron chi connectivity index (χ4n) is 1.45. The van der Waals surface area contributed by atoms with Gasteiger partial charge in [-0.2, -0.15) is 0 Å². The minimum absolute atomic E-state index is 0.346. The second kappa shape index (κ2) is 5.74. The van der Waals surface area contributed by atoms with E-state index in [1.165, 1.54) is 24.8 Å². The number of unbranched alkanes of at least 4 members (excludes halogenated alkanes) is 2. The topological polar surface area (TPSA) is 0 Å². The van der Waals surface area contributed by atoms with E-state index < -0.39 is 0 Å². The van der Waals surface area contributed by atoms with Crippen LogP contribution in [0.15, 0.2) is 24.3 Å². The molecule has 0 N–H and O–H groups in total. The van der Waals surface area contributed by atoms with Crippen LogP contribution in [0, 0.1) is 0 Å². The van der Waals surface area contributed by atoms with E-state index in [2.05, 4.69) is 13.0 Å². The Morgan fingerprint density at radius 1 is 1.15 bits per heavy atom. The predicted octanol–water partition coefficient (Wildman–Crippen LogP) is 3.89. The highest BCUT2D eigenvalue weighted by Gasteiger charge is 1.95. The summed E-state index contributed by atoms with van der Waals surface area (Å²) in [4.78, 5) is 0. The molecule has 1 aromatic carbocycles. The Morgan fingerprint density at radius 3 is 2.62 bits per heavy atom. The van der Waals surface area contributed by atoms with Crippen molar-refractivity contribution in [2.45, 2.75) is 39.3 Å². The molecule has 0 aliphatic heterocycles. The van der Waals surface area contributed by atoms with Gasteiger partial charge in [0.05, 0.1) is 0 Å². The van der Waals surface area contributed by atoms with Crippen LogP contribution < -0.4 is 0 Å². The fourth-order valence-corrected chi connectivity index (χ4v) is 1.45. The lowest BCUT2D eigenvalue weighted by Crippen LogP contribution is -1.87. The molecular formula is C12H17F. The molecule has 0 aliphatic carbocycles. The Hall–Kier alpha value is -0.850. The van der Waals surface area contributed by atoms with Crippen LogP contribution in [0.1, 0.15) is 37.3 Å². The van der Waals surface area contributed by atoms with Crippen molar-refractivity contribution in [2.24, 2.45) is 0 Å². The van der Waals surface area contributed by atoms with E-state index in [1.807, 2.05) is 18.2 Å². The summed E-state index contributed by atoms with van der Waals surface area (Å²) in [6, 6.07) is 7.82. The minimum Gasteiger partial charge on any atom is -0.246 e. The zero-order valence-corrected chi connectivity index (χ0v) is 8.22. The molecule has 0 radical (unpaired) electrons. The lowest BCUT2D eigenvalue weighted by atomic mass is 10.1. The van der Waals surface area contributed by atoms with Crippen LogP contribution in [0.5, 0.6) is 0 Å². The van der Waals surface area contributed by atoms with E-state index in [0.29, 0.717) is 0 Å². The first-order chi connectivity index (χ1) is 6.36. The van der Waals surface area contributed by atoms with Crippen LogP contribution in [0.3, 0.4) is 0 Å². The van der Waals surface area contributed by atoms with Crippen LogP contribution in [0.4, 0.5) is 4.39 Å². The molecule has 1 rings (SSSR count). The Labute approximate surface area is 79.8 Å². The van der Waals surface area contributed by atoms with E-state index in [0.717, 1.165) is 12.0 Å². The van der Waals surface area contributed by atoms with Gasteiger partial charge in [0, 0.05) is 0 Å². The quantitative estimate of drug-likeness (QED) is 0.603. The Balaban J connectivity index is 2.46. The van der Waals surface area contributed by atoms with Gasteiger partial charge in [-0.15, -0.1) is 0 Å². The van der Waals surface area contributed by atoms with E-state index >= 15 is 0 Å². The predicted molar refractivity (Wildman–Crippen MR) is 54.5 cm³/mol. The largest absolute Gasteiger partial charge is 0.246 e. The van der Waals surface area contributed by atoms with Gasteiger partial charge >= 0.3 is 0 Å². The first kappa shape index (κ1) is 10.2. The van der Waals surface area contributed by atoms with Crippen molar-refractivity contribution in [3.8, 4) is 0 Å². The Bertz CT molecular complexity index is 243. The molecule has 0 heterocycles. The molecule has 1 heteroatoms. The Morgan fingerprint density at radius 2 is 1.92 bits per heavy atom. The van der Waals surface area contributed by atoms with Crippen molar-refractivity contribution in [1.82, 2.24) is 0 Å². The maximum atomic E-state index is 12.3. The van der Waals surface area contributed by atoms with Crippen LogP contribution in [-0.2, 0) is 13.1 Å². The summed E-state index contributed by atoms with van der Waals surface area (Å²) in [5, 5.41) is 0. The van der Waals surface area contributed by atoms with Crippen molar-refractivity contribution >= 4 is 0 Å². The average molecular weight is 180 g/mol. The lowest BCUT2D eigenvalue weighted by Gasteiger charge is -2.01. The third kappa shape index (κ3) is 3.58. The van der Waals surface area contributed by atoms with E-state index in [9.17, 15) is 4.39 Å². The summed E-state index contributed by atoms with van der Waals surface area (Å²) in [6.07, 6.45) is 4.80. The summed E-state index contributed by atoms with van der Waals surface area (Å²) in [7, 11) is 0. The maximum absolute atomic E-state index is 12.3. The lowest BCUT2D eigenvalue weighted by molar-refractivity contribution is 0.485. The summed E-state index contributed by atoms with van der Waals surface area (Å²) < 4.78 is 12.3. The second-order valence-corrected chi connectivity index (χ2v) is 3.41. The zero-order chi connectivity index (χ0) is 9.52. The van der Waals surface area contributed by atoms with E-state index in [4.69, 9.17) is 0 Å². The molecule has 0 unspecified atom stereocenters. The van der Waals surface area contributed by atoms with Gasteiger partial charge in [-0.3, -0.25) is 0 Å². The van der Waals surface area contributed by atoms with Crippen molar-refractivity contribution < 1.29 is 4.39 Å². The number of benzene rings is 1. The molecule has 0 fully saturated rings. The number of halogens is 1. The van der Waals surface area contributed by atoms with Crippen LogP contribution >= 0.6 is 0 Å². The second-order valence-electron chi connectivity index (χ2n) is 3.41. The molecule has 0 spiro atoms. The highest BCUT2D eigenvalue weighted by Crippen LogP contribution is 2.10. The van der Waals surface area contributed by atoms with Gasteiger partial charge in [0.25, 0.3) is 0 Å². The molecule has 0 amide bonds. The van der Waals surface area contributed by atoms with Gasteiger partial charge in [0.15, 0.2) is 0 Å². The van der Waals surface area contributed by atoms with Gasteiger partial charge in [-0.25, -0.2) is 4.39 Å². The summed E-state index contributed by atoms with van der Waals surface area (Å²) >= 11 is 0. The number of hydrogen-bond acceptors (Lipinski definition) is 0. The number of alkyl halides is 1. The average Bonchev–Trinajstić information content (AvgIpc) is 2.19. The SMILES string of the molecule is CCCCCc1cccc(CF)c1. The molecule has 0 saturated heterocycles. The van der Waals surface area contributed by atoms with E-state index in [1.54, 1.807) is 0 Å². The third-order valence-electron chi connectivity index (χ3n) is 2.21. The van der Waals surface area contributed by atoms with Gasteiger partial charge in [0.1, 0.15) is 6.67 Å². The zero-order valence-electron chi connectivity index (χ0n) is 8.22. The third-order valence-corrected chi connectivity index (χ3v) is 2.21. The van der Waals surface area contributed by atoms with Crippen molar-refractivity contribution in [1.29, 1.82) is 0 Å². The standard InChI is InChI=1S/C12H17F/c1-2-3-4-6-11-7-5-8-12(9-11)10-13/h5,7-9H,2-4,6,10H2,1H3. The highest BCUT2D eigenvalue weighted by molar-refractivity contribution is 5.22. The maximum Gasteiger partial charge on any atom is 0.115 e.